The predicted molar refractivity (Wildman–Crippen MR) is 123 cm³/mol. The van der Waals surface area contributed by atoms with Crippen LogP contribution in [0.1, 0.15) is 41.1 Å². The van der Waals surface area contributed by atoms with Gasteiger partial charge in [0.05, 0.1) is 16.9 Å². The number of ether oxygens (including phenoxy) is 1. The fourth-order valence-corrected chi connectivity index (χ4v) is 4.08. The number of hydrogen-bond acceptors (Lipinski definition) is 8. The number of carbonyl (C=O) groups excluding carboxylic acids is 1. The summed E-state index contributed by atoms with van der Waals surface area (Å²) < 4.78 is 16.1. The van der Waals surface area contributed by atoms with Crippen LogP contribution in [0, 0.1) is 6.92 Å². The van der Waals surface area contributed by atoms with Crippen LogP contribution in [-0.4, -0.2) is 34.5 Å². The maximum atomic E-state index is 13.1. The van der Waals surface area contributed by atoms with Crippen molar-refractivity contribution in [3.05, 3.63) is 58.4 Å². The highest BCUT2D eigenvalue weighted by molar-refractivity contribution is 6.30. The molecule has 0 saturated carbocycles. The average Bonchev–Trinajstić information content (AvgIpc) is 3.47. The maximum Gasteiger partial charge on any atom is 0.278 e. The molecule has 4 aromatic rings. The Bertz CT molecular complexity index is 1280. The van der Waals surface area contributed by atoms with Crippen LogP contribution in [-0.2, 0) is 6.61 Å². The Balaban J connectivity index is 1.36. The number of rotatable bonds is 6. The Kier molecular flexibility index (Phi) is 5.87. The molecule has 33 heavy (non-hydrogen) atoms. The minimum Gasteiger partial charge on any atom is -0.489 e. The molecule has 0 unspecified atom stereocenters. The molecule has 0 aliphatic carbocycles. The normalized spacial score (nSPS) is 13.9. The molecule has 1 fully saturated rings. The first-order valence-corrected chi connectivity index (χ1v) is 11.1. The lowest BCUT2D eigenvalue weighted by Crippen LogP contribution is -2.29. The van der Waals surface area contributed by atoms with Crippen molar-refractivity contribution < 1.29 is 18.7 Å². The summed E-state index contributed by atoms with van der Waals surface area (Å²) >= 11 is 5.92. The predicted octanol–water partition coefficient (Wildman–Crippen LogP) is 4.99. The topological polar surface area (TPSA) is 107 Å². The Hall–Kier alpha value is -3.59. The van der Waals surface area contributed by atoms with Gasteiger partial charge < -0.3 is 19.5 Å². The summed E-state index contributed by atoms with van der Waals surface area (Å²) in [5, 5.41) is 15.5. The van der Waals surface area contributed by atoms with E-state index in [9.17, 15) is 4.79 Å². The molecule has 0 bridgehead atoms. The van der Waals surface area contributed by atoms with E-state index in [4.69, 9.17) is 25.5 Å². The van der Waals surface area contributed by atoms with Crippen molar-refractivity contribution in [3.63, 3.8) is 0 Å². The van der Waals surface area contributed by atoms with Gasteiger partial charge in [0.2, 0.25) is 0 Å². The number of fused-ring (bicyclic) bond motifs is 1. The number of benzene rings is 2. The van der Waals surface area contributed by atoms with Crippen LogP contribution < -0.4 is 15.0 Å². The Morgan fingerprint density at radius 3 is 2.61 bits per heavy atom. The van der Waals surface area contributed by atoms with E-state index < -0.39 is 5.91 Å². The molecule has 1 amide bonds. The molecule has 0 atom stereocenters. The summed E-state index contributed by atoms with van der Waals surface area (Å²) in [6.07, 6.45) is 3.50. The second-order valence-corrected chi connectivity index (χ2v) is 8.34. The van der Waals surface area contributed by atoms with E-state index in [2.05, 4.69) is 25.7 Å². The highest BCUT2D eigenvalue weighted by Crippen LogP contribution is 2.32. The molecule has 1 aliphatic rings. The van der Waals surface area contributed by atoms with E-state index in [0.29, 0.717) is 38.8 Å². The summed E-state index contributed by atoms with van der Waals surface area (Å²) in [6.45, 7) is 3.78. The van der Waals surface area contributed by atoms with E-state index in [0.717, 1.165) is 31.6 Å². The van der Waals surface area contributed by atoms with Gasteiger partial charge in [0, 0.05) is 18.1 Å². The Labute approximate surface area is 194 Å². The summed E-state index contributed by atoms with van der Waals surface area (Å²) in [5.74, 6) is 0.689. The molecule has 1 aliphatic heterocycles. The third-order valence-electron chi connectivity index (χ3n) is 5.74. The number of aromatic nitrogens is 3. The van der Waals surface area contributed by atoms with Crippen molar-refractivity contribution in [1.82, 2.24) is 15.5 Å². The molecule has 10 heteroatoms. The molecule has 9 nitrogen and oxygen atoms in total. The van der Waals surface area contributed by atoms with E-state index in [1.54, 1.807) is 31.2 Å². The van der Waals surface area contributed by atoms with Gasteiger partial charge in [0.15, 0.2) is 16.7 Å². The van der Waals surface area contributed by atoms with Crippen LogP contribution in [0.4, 0.5) is 11.4 Å². The van der Waals surface area contributed by atoms with Crippen LogP contribution in [0.3, 0.4) is 0 Å². The lowest BCUT2D eigenvalue weighted by molar-refractivity contribution is 0.101. The molecule has 1 N–H and O–H groups in total. The van der Waals surface area contributed by atoms with Gasteiger partial charge in [-0.15, -0.1) is 0 Å². The number of halogens is 1. The van der Waals surface area contributed by atoms with Gasteiger partial charge in [-0.05, 0) is 72.9 Å². The fraction of sp³-hybridized carbons (Fsp3) is 0.304. The summed E-state index contributed by atoms with van der Waals surface area (Å²) in [7, 11) is 0. The van der Waals surface area contributed by atoms with Crippen molar-refractivity contribution >= 4 is 39.9 Å². The third kappa shape index (κ3) is 4.36. The fourth-order valence-electron chi connectivity index (χ4n) is 3.95. The van der Waals surface area contributed by atoms with Crippen molar-refractivity contribution in [3.8, 4) is 5.75 Å². The van der Waals surface area contributed by atoms with Crippen LogP contribution in [0.25, 0.3) is 11.0 Å². The minimum atomic E-state index is -0.434. The van der Waals surface area contributed by atoms with Crippen LogP contribution >= 0.6 is 11.6 Å². The van der Waals surface area contributed by atoms with Crippen molar-refractivity contribution in [1.29, 1.82) is 0 Å². The molecular formula is C23H22ClN5O4. The SMILES string of the molecule is Cc1onc(C(=O)Nc2ccc(N3CCCCC3)c3nonc23)c1COc1ccc(Cl)cc1. The van der Waals surface area contributed by atoms with Gasteiger partial charge in [-0.3, -0.25) is 4.79 Å². The molecule has 0 spiro atoms. The second-order valence-electron chi connectivity index (χ2n) is 7.90. The summed E-state index contributed by atoms with van der Waals surface area (Å²) in [5.41, 5.74) is 3.26. The lowest BCUT2D eigenvalue weighted by atomic mass is 10.1. The average molecular weight is 468 g/mol. The first kappa shape index (κ1) is 21.3. The first-order chi connectivity index (χ1) is 16.1. The zero-order chi connectivity index (χ0) is 22.8. The zero-order valence-electron chi connectivity index (χ0n) is 18.0. The van der Waals surface area contributed by atoms with E-state index in [-0.39, 0.29) is 12.3 Å². The molecule has 5 rings (SSSR count). The van der Waals surface area contributed by atoms with Gasteiger partial charge in [-0.2, -0.15) is 0 Å². The molecule has 0 radical (unpaired) electrons. The zero-order valence-corrected chi connectivity index (χ0v) is 18.8. The lowest BCUT2D eigenvalue weighted by Gasteiger charge is -2.28. The summed E-state index contributed by atoms with van der Waals surface area (Å²) in [6, 6.07) is 10.7. The van der Waals surface area contributed by atoms with Gasteiger partial charge in [0.25, 0.3) is 5.91 Å². The molecule has 1 saturated heterocycles. The van der Waals surface area contributed by atoms with Gasteiger partial charge in [0.1, 0.15) is 18.1 Å². The van der Waals surface area contributed by atoms with Crippen molar-refractivity contribution in [2.24, 2.45) is 0 Å². The molecule has 170 valence electrons. The van der Waals surface area contributed by atoms with Gasteiger partial charge >= 0.3 is 0 Å². The number of nitrogens with zero attached hydrogens (tertiary/aromatic N) is 4. The highest BCUT2D eigenvalue weighted by Gasteiger charge is 2.23. The number of aryl methyl sites for hydroxylation is 1. The molecule has 3 heterocycles. The van der Waals surface area contributed by atoms with Crippen molar-refractivity contribution in [2.45, 2.75) is 32.8 Å². The summed E-state index contributed by atoms with van der Waals surface area (Å²) in [4.78, 5) is 15.3. The molecular weight excluding hydrogens is 446 g/mol. The minimum absolute atomic E-state index is 0.120. The quantitative estimate of drug-likeness (QED) is 0.422. The number of carbonyl (C=O) groups is 1. The van der Waals surface area contributed by atoms with E-state index in [1.807, 2.05) is 12.1 Å². The number of hydrogen-bond donors (Lipinski definition) is 1. The highest BCUT2D eigenvalue weighted by atomic mass is 35.5. The van der Waals surface area contributed by atoms with E-state index >= 15 is 0 Å². The molecule has 2 aromatic carbocycles. The largest absolute Gasteiger partial charge is 0.489 e. The van der Waals surface area contributed by atoms with Crippen LogP contribution in [0.2, 0.25) is 5.02 Å². The maximum absolute atomic E-state index is 13.1. The number of nitrogens with one attached hydrogen (secondary N) is 1. The molecule has 2 aromatic heterocycles. The van der Waals surface area contributed by atoms with Crippen LogP contribution in [0.15, 0.2) is 45.6 Å². The van der Waals surface area contributed by atoms with E-state index in [1.165, 1.54) is 6.42 Å². The number of amides is 1. The van der Waals surface area contributed by atoms with Crippen LogP contribution in [0.5, 0.6) is 5.75 Å². The third-order valence-corrected chi connectivity index (χ3v) is 5.99. The smallest absolute Gasteiger partial charge is 0.278 e. The Morgan fingerprint density at radius 2 is 1.82 bits per heavy atom. The standard InChI is InChI=1S/C23H22ClN5O4/c1-14-17(13-31-16-7-5-15(24)6-8-16)20(26-32-14)23(30)25-18-9-10-19(22-21(18)27-33-28-22)29-11-3-2-4-12-29/h5-10H,2-4,11-13H2,1H3,(H,25,30). The number of anilines is 2. The Morgan fingerprint density at radius 1 is 1.06 bits per heavy atom. The number of piperidine rings is 1. The van der Waals surface area contributed by atoms with Gasteiger partial charge in [-0.1, -0.05) is 16.8 Å². The van der Waals surface area contributed by atoms with Crippen molar-refractivity contribution in [2.75, 3.05) is 23.3 Å². The monoisotopic (exact) mass is 467 g/mol. The first-order valence-electron chi connectivity index (χ1n) is 10.8. The van der Waals surface area contributed by atoms with Gasteiger partial charge in [-0.25, -0.2) is 4.63 Å². The second kappa shape index (κ2) is 9.11.